The fraction of sp³-hybridized carbons (Fsp3) is 0.500. The van der Waals surface area contributed by atoms with Crippen LogP contribution in [0, 0.1) is 31.6 Å². The van der Waals surface area contributed by atoms with Crippen molar-refractivity contribution >= 4 is 17.5 Å². The predicted octanol–water partition coefficient (Wildman–Crippen LogP) is 2.98. The average Bonchev–Trinajstić information content (AvgIpc) is 2.78. The first-order valence-corrected chi connectivity index (χ1v) is 9.30. The summed E-state index contributed by atoms with van der Waals surface area (Å²) in [6, 6.07) is 4.11. The van der Waals surface area contributed by atoms with E-state index in [0.717, 1.165) is 41.5 Å². The molecule has 4 heteroatoms. The molecule has 0 saturated heterocycles. The molecule has 1 amide bonds. The third kappa shape index (κ3) is 3.58. The third-order valence-corrected chi connectivity index (χ3v) is 5.51. The van der Waals surface area contributed by atoms with Gasteiger partial charge in [0.2, 0.25) is 5.91 Å². The van der Waals surface area contributed by atoms with E-state index in [2.05, 4.69) is 17.2 Å². The van der Waals surface area contributed by atoms with E-state index in [0.29, 0.717) is 0 Å². The fourth-order valence-electron chi connectivity index (χ4n) is 4.04. The van der Waals surface area contributed by atoms with Gasteiger partial charge in [0.1, 0.15) is 11.7 Å². The van der Waals surface area contributed by atoms with Crippen LogP contribution in [-0.4, -0.2) is 23.5 Å². The van der Waals surface area contributed by atoms with Crippen molar-refractivity contribution in [3.63, 3.8) is 0 Å². The van der Waals surface area contributed by atoms with E-state index in [1.54, 1.807) is 6.92 Å². The second kappa shape index (κ2) is 7.45. The van der Waals surface area contributed by atoms with Crippen LogP contribution in [0.25, 0.3) is 0 Å². The summed E-state index contributed by atoms with van der Waals surface area (Å²) in [6.07, 6.45) is 3.45. The molecule has 0 spiro atoms. The maximum Gasteiger partial charge on any atom is 0.220 e. The van der Waals surface area contributed by atoms with Gasteiger partial charge in [-0.3, -0.25) is 14.4 Å². The lowest BCUT2D eigenvalue weighted by atomic mass is 9.86. The molecule has 2 fully saturated rings. The van der Waals surface area contributed by atoms with Crippen LogP contribution in [0.5, 0.6) is 0 Å². The Morgan fingerprint density at radius 1 is 1.19 bits per heavy atom. The highest BCUT2D eigenvalue weighted by molar-refractivity contribution is 6.15. The Balaban J connectivity index is 1.78. The number of carbonyl (C=O) groups is 3. The van der Waals surface area contributed by atoms with Crippen LogP contribution >= 0.6 is 0 Å². The molecule has 2 atom stereocenters. The molecule has 0 aliphatic heterocycles. The van der Waals surface area contributed by atoms with Crippen LogP contribution < -0.4 is 5.32 Å². The van der Waals surface area contributed by atoms with Crippen molar-refractivity contribution in [1.29, 1.82) is 0 Å². The number of carbonyl (C=O) groups excluding carboxylic acids is 3. The minimum atomic E-state index is -0.736. The van der Waals surface area contributed by atoms with Gasteiger partial charge in [-0.05, 0) is 68.9 Å². The molecule has 26 heavy (non-hydrogen) atoms. The molecule has 1 aromatic rings. The lowest BCUT2D eigenvalue weighted by Gasteiger charge is -2.26. The molecule has 0 aromatic heterocycles. The van der Waals surface area contributed by atoms with Crippen LogP contribution in [0.2, 0.25) is 0 Å². The van der Waals surface area contributed by atoms with E-state index in [-0.39, 0.29) is 36.4 Å². The first kappa shape index (κ1) is 18.4. The van der Waals surface area contributed by atoms with Crippen molar-refractivity contribution in [2.45, 2.75) is 64.8 Å². The summed E-state index contributed by atoms with van der Waals surface area (Å²) in [4.78, 5) is 37.7. The van der Waals surface area contributed by atoms with Gasteiger partial charge in [-0.2, -0.15) is 0 Å². The summed E-state index contributed by atoms with van der Waals surface area (Å²) in [5.74, 6) is 4.36. The molecule has 4 nitrogen and oxygen atoms in total. The topological polar surface area (TPSA) is 63.2 Å². The van der Waals surface area contributed by atoms with Crippen molar-refractivity contribution in [3.05, 3.63) is 34.4 Å². The zero-order valence-electron chi connectivity index (χ0n) is 15.6. The minimum Gasteiger partial charge on any atom is -0.353 e. The number of nitrogens with one attached hydrogen (secondary N) is 1. The van der Waals surface area contributed by atoms with E-state index >= 15 is 0 Å². The number of benzene rings is 1. The number of amides is 1. The Bertz CT molecular complexity index is 801. The molecule has 2 aliphatic rings. The molecule has 136 valence electrons. The van der Waals surface area contributed by atoms with Gasteiger partial charge in [-0.25, -0.2) is 0 Å². The van der Waals surface area contributed by atoms with Gasteiger partial charge in [-0.15, -0.1) is 5.92 Å². The standard InChI is InChI=1S/C22H25NO3/c1-4-6-15-9-13(2)20(14(3)10-15)21-18(24)11-16(22(21)26)12-19(25)23-17-7-5-8-17/h9-10,16-17,21H,5,7-8,11-12H2,1-3H3,(H,23,25). The summed E-state index contributed by atoms with van der Waals surface area (Å²) in [5.41, 5.74) is 3.51. The van der Waals surface area contributed by atoms with Crippen molar-refractivity contribution < 1.29 is 14.4 Å². The van der Waals surface area contributed by atoms with Crippen LogP contribution in [0.1, 0.15) is 67.2 Å². The highest BCUT2D eigenvalue weighted by atomic mass is 16.2. The van der Waals surface area contributed by atoms with Gasteiger partial charge in [0, 0.05) is 30.4 Å². The Morgan fingerprint density at radius 2 is 1.85 bits per heavy atom. The van der Waals surface area contributed by atoms with E-state index in [1.807, 2.05) is 26.0 Å². The summed E-state index contributed by atoms with van der Waals surface area (Å²) < 4.78 is 0. The quantitative estimate of drug-likeness (QED) is 0.670. The van der Waals surface area contributed by atoms with Gasteiger partial charge in [0.05, 0.1) is 0 Å². The summed E-state index contributed by atoms with van der Waals surface area (Å²) in [7, 11) is 0. The van der Waals surface area contributed by atoms with Crippen molar-refractivity contribution in [2.75, 3.05) is 0 Å². The average molecular weight is 351 g/mol. The predicted molar refractivity (Wildman–Crippen MR) is 99.7 cm³/mol. The monoisotopic (exact) mass is 351 g/mol. The first-order valence-electron chi connectivity index (χ1n) is 9.30. The largest absolute Gasteiger partial charge is 0.353 e. The van der Waals surface area contributed by atoms with Crippen LogP contribution in [0.15, 0.2) is 12.1 Å². The number of hydrogen-bond acceptors (Lipinski definition) is 3. The fourth-order valence-corrected chi connectivity index (χ4v) is 4.04. The number of Topliss-reactive ketones (excluding diaryl/α,β-unsaturated/α-hetero) is 2. The molecule has 2 aliphatic carbocycles. The molecular formula is C22H25NO3. The minimum absolute atomic E-state index is 0.0723. The van der Waals surface area contributed by atoms with E-state index in [1.165, 1.54) is 0 Å². The highest BCUT2D eigenvalue weighted by Crippen LogP contribution is 2.37. The van der Waals surface area contributed by atoms with Crippen molar-refractivity contribution in [2.24, 2.45) is 5.92 Å². The summed E-state index contributed by atoms with van der Waals surface area (Å²) >= 11 is 0. The highest BCUT2D eigenvalue weighted by Gasteiger charge is 2.44. The number of rotatable bonds is 4. The van der Waals surface area contributed by atoms with Crippen LogP contribution in [0.3, 0.4) is 0 Å². The van der Waals surface area contributed by atoms with Gasteiger partial charge in [0.25, 0.3) is 0 Å². The molecule has 0 bridgehead atoms. The number of aryl methyl sites for hydroxylation is 2. The number of ketones is 2. The summed E-state index contributed by atoms with van der Waals surface area (Å²) in [5, 5.41) is 2.96. The van der Waals surface area contributed by atoms with Crippen LogP contribution in [-0.2, 0) is 14.4 Å². The SMILES string of the molecule is CC#Cc1cc(C)c(C2C(=O)CC(CC(=O)NC3CCC3)C2=O)c(C)c1. The molecule has 2 unspecified atom stereocenters. The molecule has 2 saturated carbocycles. The molecule has 3 rings (SSSR count). The second-order valence-corrected chi connectivity index (χ2v) is 7.50. The zero-order chi connectivity index (χ0) is 18.8. The molecule has 0 radical (unpaired) electrons. The lowest BCUT2D eigenvalue weighted by molar-refractivity contribution is -0.129. The van der Waals surface area contributed by atoms with Gasteiger partial charge in [-0.1, -0.05) is 5.92 Å². The maximum absolute atomic E-state index is 12.9. The summed E-state index contributed by atoms with van der Waals surface area (Å²) in [6.45, 7) is 5.61. The van der Waals surface area contributed by atoms with Gasteiger partial charge >= 0.3 is 0 Å². The zero-order valence-corrected chi connectivity index (χ0v) is 15.6. The Hall–Kier alpha value is -2.41. The van der Waals surface area contributed by atoms with Gasteiger partial charge < -0.3 is 5.32 Å². The third-order valence-electron chi connectivity index (χ3n) is 5.51. The molecule has 0 heterocycles. The molecular weight excluding hydrogens is 326 g/mol. The Labute approximate surface area is 154 Å². The van der Waals surface area contributed by atoms with Crippen molar-refractivity contribution in [3.8, 4) is 11.8 Å². The number of hydrogen-bond donors (Lipinski definition) is 1. The second-order valence-electron chi connectivity index (χ2n) is 7.50. The van der Waals surface area contributed by atoms with Gasteiger partial charge in [0.15, 0.2) is 5.78 Å². The van der Waals surface area contributed by atoms with Crippen LogP contribution in [0.4, 0.5) is 0 Å². The smallest absolute Gasteiger partial charge is 0.220 e. The van der Waals surface area contributed by atoms with Crippen molar-refractivity contribution in [1.82, 2.24) is 5.32 Å². The lowest BCUT2D eigenvalue weighted by Crippen LogP contribution is -2.40. The Kier molecular flexibility index (Phi) is 5.27. The Morgan fingerprint density at radius 3 is 2.38 bits per heavy atom. The van der Waals surface area contributed by atoms with E-state index < -0.39 is 11.8 Å². The normalized spacial score (nSPS) is 22.6. The van der Waals surface area contributed by atoms with E-state index in [9.17, 15) is 14.4 Å². The molecule has 1 aromatic carbocycles. The molecule has 1 N–H and O–H groups in total. The van der Waals surface area contributed by atoms with E-state index in [4.69, 9.17) is 0 Å². The first-order chi connectivity index (χ1) is 12.4. The maximum atomic E-state index is 12.9.